The molecule has 2 rings (SSSR count). The van der Waals surface area contributed by atoms with E-state index in [1.165, 1.54) is 71.2 Å². The van der Waals surface area contributed by atoms with Gasteiger partial charge in [0, 0.05) is 32.2 Å². The molecular formula is C15H31N3. The Morgan fingerprint density at radius 3 is 2.50 bits per heavy atom. The fourth-order valence-electron chi connectivity index (χ4n) is 3.57. The van der Waals surface area contributed by atoms with Crippen molar-refractivity contribution in [2.45, 2.75) is 51.5 Å². The van der Waals surface area contributed by atoms with Crippen molar-refractivity contribution >= 4 is 0 Å². The Hall–Kier alpha value is -0.120. The van der Waals surface area contributed by atoms with Gasteiger partial charge in [0.15, 0.2) is 0 Å². The second-order valence-electron chi connectivity index (χ2n) is 6.30. The molecule has 3 heteroatoms. The Labute approximate surface area is 113 Å². The van der Waals surface area contributed by atoms with Gasteiger partial charge in [0.2, 0.25) is 0 Å². The van der Waals surface area contributed by atoms with Crippen LogP contribution >= 0.6 is 0 Å². The third-order valence-electron chi connectivity index (χ3n) is 4.76. The molecule has 1 heterocycles. The van der Waals surface area contributed by atoms with Gasteiger partial charge in [-0.05, 0) is 44.7 Å². The standard InChI is InChI=1S/C15H31N3/c1-14-5-4-6-15(13-14)18-11-9-17(10-12-18)8-3-2-7-16/h14-15H,2-13,16H2,1H3. The van der Waals surface area contributed by atoms with Crippen LogP contribution in [0, 0.1) is 5.92 Å². The molecule has 18 heavy (non-hydrogen) atoms. The van der Waals surface area contributed by atoms with Crippen LogP contribution in [0.15, 0.2) is 0 Å². The summed E-state index contributed by atoms with van der Waals surface area (Å²) in [6, 6.07) is 0.889. The summed E-state index contributed by atoms with van der Waals surface area (Å²) in [6.45, 7) is 9.66. The van der Waals surface area contributed by atoms with Gasteiger partial charge in [-0.3, -0.25) is 4.90 Å². The molecule has 1 aliphatic heterocycles. The SMILES string of the molecule is CC1CCCC(N2CCN(CCCCN)CC2)C1. The molecule has 0 aromatic carbocycles. The van der Waals surface area contributed by atoms with E-state index in [1.807, 2.05) is 0 Å². The summed E-state index contributed by atoms with van der Waals surface area (Å²) >= 11 is 0. The maximum Gasteiger partial charge on any atom is 0.0113 e. The predicted molar refractivity (Wildman–Crippen MR) is 77.7 cm³/mol. The molecule has 0 bridgehead atoms. The zero-order chi connectivity index (χ0) is 12.8. The minimum Gasteiger partial charge on any atom is -0.330 e. The quantitative estimate of drug-likeness (QED) is 0.760. The number of piperazine rings is 1. The van der Waals surface area contributed by atoms with E-state index in [9.17, 15) is 0 Å². The van der Waals surface area contributed by atoms with Gasteiger partial charge in [-0.15, -0.1) is 0 Å². The van der Waals surface area contributed by atoms with Crippen LogP contribution in [-0.2, 0) is 0 Å². The Bertz CT molecular complexity index is 224. The second-order valence-corrected chi connectivity index (χ2v) is 6.30. The van der Waals surface area contributed by atoms with Crippen LogP contribution in [0.25, 0.3) is 0 Å². The van der Waals surface area contributed by atoms with Crippen molar-refractivity contribution < 1.29 is 0 Å². The first-order chi connectivity index (χ1) is 8.79. The lowest BCUT2D eigenvalue weighted by Gasteiger charge is -2.42. The summed E-state index contributed by atoms with van der Waals surface area (Å²) in [6.07, 6.45) is 8.24. The molecular weight excluding hydrogens is 222 g/mol. The van der Waals surface area contributed by atoms with Crippen LogP contribution in [0.2, 0.25) is 0 Å². The van der Waals surface area contributed by atoms with Crippen molar-refractivity contribution in [3.05, 3.63) is 0 Å². The monoisotopic (exact) mass is 253 g/mol. The molecule has 0 aromatic heterocycles. The Morgan fingerprint density at radius 1 is 1.06 bits per heavy atom. The van der Waals surface area contributed by atoms with Crippen molar-refractivity contribution in [2.75, 3.05) is 39.3 Å². The Balaban J connectivity index is 1.66. The van der Waals surface area contributed by atoms with Gasteiger partial charge in [-0.25, -0.2) is 0 Å². The third kappa shape index (κ3) is 4.22. The van der Waals surface area contributed by atoms with E-state index >= 15 is 0 Å². The molecule has 0 spiro atoms. The highest BCUT2D eigenvalue weighted by Crippen LogP contribution is 2.27. The first-order valence-corrected chi connectivity index (χ1v) is 7.96. The van der Waals surface area contributed by atoms with E-state index < -0.39 is 0 Å². The average Bonchev–Trinajstić information content (AvgIpc) is 2.40. The smallest absolute Gasteiger partial charge is 0.0113 e. The molecule has 0 aromatic rings. The van der Waals surface area contributed by atoms with Gasteiger partial charge in [0.25, 0.3) is 0 Å². The van der Waals surface area contributed by atoms with Crippen LogP contribution in [0.5, 0.6) is 0 Å². The van der Waals surface area contributed by atoms with Crippen molar-refractivity contribution in [3.63, 3.8) is 0 Å². The number of nitrogens with zero attached hydrogens (tertiary/aromatic N) is 2. The normalized spacial score (nSPS) is 31.7. The molecule has 2 aliphatic rings. The van der Waals surface area contributed by atoms with Gasteiger partial charge < -0.3 is 10.6 Å². The lowest BCUT2D eigenvalue weighted by Crippen LogP contribution is -2.51. The first kappa shape index (κ1) is 14.3. The lowest BCUT2D eigenvalue weighted by molar-refractivity contribution is 0.0684. The average molecular weight is 253 g/mol. The molecule has 2 N–H and O–H groups in total. The zero-order valence-electron chi connectivity index (χ0n) is 12.1. The molecule has 2 unspecified atom stereocenters. The number of unbranched alkanes of at least 4 members (excludes halogenated alkanes) is 1. The van der Waals surface area contributed by atoms with E-state index in [1.54, 1.807) is 0 Å². The van der Waals surface area contributed by atoms with Crippen LogP contribution < -0.4 is 5.73 Å². The largest absolute Gasteiger partial charge is 0.330 e. The summed E-state index contributed by atoms with van der Waals surface area (Å²) < 4.78 is 0. The van der Waals surface area contributed by atoms with Gasteiger partial charge in [-0.1, -0.05) is 19.8 Å². The maximum atomic E-state index is 5.55. The van der Waals surface area contributed by atoms with E-state index in [-0.39, 0.29) is 0 Å². The lowest BCUT2D eigenvalue weighted by atomic mass is 9.86. The Morgan fingerprint density at radius 2 is 1.83 bits per heavy atom. The van der Waals surface area contributed by atoms with Crippen LogP contribution in [0.1, 0.15) is 45.4 Å². The van der Waals surface area contributed by atoms with Crippen LogP contribution in [0.3, 0.4) is 0 Å². The molecule has 2 fully saturated rings. The highest BCUT2D eigenvalue weighted by atomic mass is 15.3. The van der Waals surface area contributed by atoms with Crippen molar-refractivity contribution in [1.29, 1.82) is 0 Å². The molecule has 1 aliphatic carbocycles. The minimum absolute atomic E-state index is 0.847. The van der Waals surface area contributed by atoms with E-state index in [0.29, 0.717) is 0 Å². The predicted octanol–water partition coefficient (Wildman–Crippen LogP) is 1.92. The fraction of sp³-hybridized carbons (Fsp3) is 1.00. The van der Waals surface area contributed by atoms with Gasteiger partial charge in [0.05, 0.1) is 0 Å². The van der Waals surface area contributed by atoms with Crippen LogP contribution in [0.4, 0.5) is 0 Å². The minimum atomic E-state index is 0.847. The number of rotatable bonds is 5. The Kier molecular flexibility index (Phi) is 5.93. The van der Waals surface area contributed by atoms with Crippen molar-refractivity contribution in [3.8, 4) is 0 Å². The van der Waals surface area contributed by atoms with E-state index in [4.69, 9.17) is 5.73 Å². The summed E-state index contributed by atoms with van der Waals surface area (Å²) in [4.78, 5) is 5.38. The third-order valence-corrected chi connectivity index (χ3v) is 4.76. The summed E-state index contributed by atoms with van der Waals surface area (Å²) in [7, 11) is 0. The number of hydrogen-bond donors (Lipinski definition) is 1. The maximum absolute atomic E-state index is 5.55. The molecule has 0 amide bonds. The fourth-order valence-corrected chi connectivity index (χ4v) is 3.57. The number of nitrogens with two attached hydrogens (primary N) is 1. The molecule has 3 nitrogen and oxygen atoms in total. The topological polar surface area (TPSA) is 32.5 Å². The van der Waals surface area contributed by atoms with Crippen LogP contribution in [-0.4, -0.2) is 55.1 Å². The second kappa shape index (κ2) is 7.46. The molecule has 106 valence electrons. The van der Waals surface area contributed by atoms with E-state index in [0.717, 1.165) is 18.5 Å². The molecule has 0 radical (unpaired) electrons. The van der Waals surface area contributed by atoms with Crippen molar-refractivity contribution in [2.24, 2.45) is 11.7 Å². The highest BCUT2D eigenvalue weighted by molar-refractivity contribution is 4.82. The first-order valence-electron chi connectivity index (χ1n) is 7.96. The van der Waals surface area contributed by atoms with E-state index in [2.05, 4.69) is 16.7 Å². The molecule has 1 saturated heterocycles. The summed E-state index contributed by atoms with van der Waals surface area (Å²) in [5.74, 6) is 0.950. The van der Waals surface area contributed by atoms with Gasteiger partial charge >= 0.3 is 0 Å². The highest BCUT2D eigenvalue weighted by Gasteiger charge is 2.27. The molecule has 1 saturated carbocycles. The van der Waals surface area contributed by atoms with Gasteiger partial charge in [0.1, 0.15) is 0 Å². The summed E-state index contributed by atoms with van der Waals surface area (Å²) in [5.41, 5.74) is 5.55. The zero-order valence-corrected chi connectivity index (χ0v) is 12.1. The molecule has 2 atom stereocenters. The van der Waals surface area contributed by atoms with Gasteiger partial charge in [-0.2, -0.15) is 0 Å². The summed E-state index contributed by atoms with van der Waals surface area (Å²) in [5, 5.41) is 0. The van der Waals surface area contributed by atoms with Crippen molar-refractivity contribution in [1.82, 2.24) is 9.80 Å². The number of hydrogen-bond acceptors (Lipinski definition) is 3.